The first-order chi connectivity index (χ1) is 7.13. The van der Waals surface area contributed by atoms with E-state index in [0.29, 0.717) is 11.5 Å². The van der Waals surface area contributed by atoms with Gasteiger partial charge in [-0.25, -0.2) is 0 Å². The predicted octanol–water partition coefficient (Wildman–Crippen LogP) is 2.98. The standard InChI is InChI=1S/C13H15NO/c1-10(2)9-11-3-5-12(6-4-11)13(15)7-8-14/h3-6,10H,7,9H2,1-2H3. The molecule has 0 aliphatic rings. The molecule has 1 aromatic rings. The molecular weight excluding hydrogens is 186 g/mol. The number of ketones is 1. The van der Waals surface area contributed by atoms with E-state index in [1.54, 1.807) is 12.1 Å². The Morgan fingerprint density at radius 2 is 1.93 bits per heavy atom. The normalized spacial score (nSPS) is 10.0. The van der Waals surface area contributed by atoms with Gasteiger partial charge >= 0.3 is 0 Å². The van der Waals surface area contributed by atoms with Gasteiger partial charge in [-0.05, 0) is 17.9 Å². The van der Waals surface area contributed by atoms with Crippen molar-refractivity contribution >= 4 is 5.78 Å². The van der Waals surface area contributed by atoms with Gasteiger partial charge in [0.2, 0.25) is 0 Å². The minimum absolute atomic E-state index is 0.0382. The molecule has 1 rings (SSSR count). The molecule has 78 valence electrons. The van der Waals surface area contributed by atoms with E-state index < -0.39 is 0 Å². The van der Waals surface area contributed by atoms with Crippen LogP contribution >= 0.6 is 0 Å². The molecule has 0 atom stereocenters. The Kier molecular flexibility index (Phi) is 4.05. The van der Waals surface area contributed by atoms with Crippen molar-refractivity contribution in [2.45, 2.75) is 26.7 Å². The van der Waals surface area contributed by atoms with E-state index in [4.69, 9.17) is 5.26 Å². The Labute approximate surface area is 90.5 Å². The quantitative estimate of drug-likeness (QED) is 0.702. The molecule has 0 fully saturated rings. The van der Waals surface area contributed by atoms with Gasteiger partial charge in [-0.2, -0.15) is 5.26 Å². The molecule has 0 N–H and O–H groups in total. The minimum atomic E-state index is -0.103. The highest BCUT2D eigenvalue weighted by atomic mass is 16.1. The van der Waals surface area contributed by atoms with Crippen LogP contribution in [0.4, 0.5) is 0 Å². The van der Waals surface area contributed by atoms with Gasteiger partial charge in [0.1, 0.15) is 0 Å². The molecule has 2 heteroatoms. The zero-order chi connectivity index (χ0) is 11.3. The van der Waals surface area contributed by atoms with Crippen molar-refractivity contribution in [2.24, 2.45) is 5.92 Å². The largest absolute Gasteiger partial charge is 0.293 e. The van der Waals surface area contributed by atoms with Crippen LogP contribution < -0.4 is 0 Å². The Bertz CT molecular complexity index is 371. The first kappa shape index (κ1) is 11.5. The number of benzene rings is 1. The molecule has 0 heterocycles. The van der Waals surface area contributed by atoms with Crippen molar-refractivity contribution in [3.8, 4) is 6.07 Å². The first-order valence-electron chi connectivity index (χ1n) is 5.12. The second-order valence-electron chi connectivity index (χ2n) is 4.05. The summed E-state index contributed by atoms with van der Waals surface area (Å²) in [5.74, 6) is 0.513. The Balaban J connectivity index is 2.73. The monoisotopic (exact) mass is 201 g/mol. The van der Waals surface area contributed by atoms with Crippen LogP contribution in [0.25, 0.3) is 0 Å². The summed E-state index contributed by atoms with van der Waals surface area (Å²) in [5, 5.41) is 8.40. The number of carbonyl (C=O) groups is 1. The highest BCUT2D eigenvalue weighted by Gasteiger charge is 2.04. The van der Waals surface area contributed by atoms with Crippen LogP contribution in [0.3, 0.4) is 0 Å². The van der Waals surface area contributed by atoms with Crippen LogP contribution in [0.5, 0.6) is 0 Å². The fraction of sp³-hybridized carbons (Fsp3) is 0.385. The number of nitriles is 1. The van der Waals surface area contributed by atoms with Crippen molar-refractivity contribution in [2.75, 3.05) is 0 Å². The lowest BCUT2D eigenvalue weighted by molar-refractivity contribution is 0.0997. The molecule has 0 unspecified atom stereocenters. The molecule has 0 aromatic heterocycles. The highest BCUT2D eigenvalue weighted by molar-refractivity contribution is 5.97. The highest BCUT2D eigenvalue weighted by Crippen LogP contribution is 2.10. The summed E-state index contributed by atoms with van der Waals surface area (Å²) in [4.78, 5) is 11.4. The zero-order valence-electron chi connectivity index (χ0n) is 9.16. The number of carbonyl (C=O) groups excluding carboxylic acids is 1. The third-order valence-corrected chi connectivity index (χ3v) is 2.16. The first-order valence-corrected chi connectivity index (χ1v) is 5.12. The molecule has 0 saturated carbocycles. The van der Waals surface area contributed by atoms with E-state index in [-0.39, 0.29) is 12.2 Å². The third-order valence-electron chi connectivity index (χ3n) is 2.16. The third kappa shape index (κ3) is 3.55. The van der Waals surface area contributed by atoms with E-state index in [0.717, 1.165) is 6.42 Å². The smallest absolute Gasteiger partial charge is 0.176 e. The van der Waals surface area contributed by atoms with Gasteiger partial charge in [-0.15, -0.1) is 0 Å². The van der Waals surface area contributed by atoms with E-state index in [2.05, 4.69) is 13.8 Å². The van der Waals surface area contributed by atoms with Crippen LogP contribution in [0.1, 0.15) is 36.2 Å². The predicted molar refractivity (Wildman–Crippen MR) is 59.5 cm³/mol. The van der Waals surface area contributed by atoms with Crippen molar-refractivity contribution in [3.63, 3.8) is 0 Å². The van der Waals surface area contributed by atoms with Gasteiger partial charge in [0.15, 0.2) is 5.78 Å². The lowest BCUT2D eigenvalue weighted by atomic mass is 10.0. The maximum Gasteiger partial charge on any atom is 0.176 e. The molecule has 0 saturated heterocycles. The van der Waals surface area contributed by atoms with Gasteiger partial charge in [0.05, 0.1) is 12.5 Å². The molecule has 0 amide bonds. The molecule has 0 spiro atoms. The summed E-state index contributed by atoms with van der Waals surface area (Å²) in [6, 6.07) is 9.39. The number of hydrogen-bond donors (Lipinski definition) is 0. The van der Waals surface area contributed by atoms with Crippen LogP contribution in [0.15, 0.2) is 24.3 Å². The molecule has 0 radical (unpaired) electrons. The van der Waals surface area contributed by atoms with Crippen molar-refractivity contribution in [3.05, 3.63) is 35.4 Å². The summed E-state index contributed by atoms with van der Waals surface area (Å²) < 4.78 is 0. The Morgan fingerprint density at radius 3 is 2.40 bits per heavy atom. The number of hydrogen-bond acceptors (Lipinski definition) is 2. The Hall–Kier alpha value is -1.62. The summed E-state index contributed by atoms with van der Waals surface area (Å²) in [6.45, 7) is 4.32. The van der Waals surface area contributed by atoms with Crippen LogP contribution in [-0.2, 0) is 6.42 Å². The summed E-state index contributed by atoms with van der Waals surface area (Å²) in [5.41, 5.74) is 1.86. The molecular formula is C13H15NO. The van der Waals surface area contributed by atoms with E-state index in [1.165, 1.54) is 5.56 Å². The number of nitrogens with zero attached hydrogens (tertiary/aromatic N) is 1. The average molecular weight is 201 g/mol. The molecule has 0 aliphatic heterocycles. The molecule has 0 aliphatic carbocycles. The van der Waals surface area contributed by atoms with Gasteiger partial charge in [0.25, 0.3) is 0 Å². The Morgan fingerprint density at radius 1 is 1.33 bits per heavy atom. The average Bonchev–Trinajstić information content (AvgIpc) is 2.18. The number of Topliss-reactive ketones (excluding diaryl/α,β-unsaturated/α-hetero) is 1. The lowest BCUT2D eigenvalue weighted by Crippen LogP contribution is -1.99. The van der Waals surface area contributed by atoms with E-state index >= 15 is 0 Å². The molecule has 0 bridgehead atoms. The number of rotatable bonds is 4. The van der Waals surface area contributed by atoms with Gasteiger partial charge < -0.3 is 0 Å². The van der Waals surface area contributed by atoms with Gasteiger partial charge in [-0.1, -0.05) is 38.1 Å². The van der Waals surface area contributed by atoms with Crippen molar-refractivity contribution in [1.29, 1.82) is 5.26 Å². The molecule has 1 aromatic carbocycles. The zero-order valence-corrected chi connectivity index (χ0v) is 9.16. The fourth-order valence-corrected chi connectivity index (χ4v) is 1.47. The topological polar surface area (TPSA) is 40.9 Å². The van der Waals surface area contributed by atoms with Crippen LogP contribution in [0.2, 0.25) is 0 Å². The summed E-state index contributed by atoms with van der Waals surface area (Å²) in [7, 11) is 0. The maximum absolute atomic E-state index is 11.4. The van der Waals surface area contributed by atoms with Gasteiger partial charge in [0, 0.05) is 5.56 Å². The van der Waals surface area contributed by atoms with Crippen molar-refractivity contribution in [1.82, 2.24) is 0 Å². The van der Waals surface area contributed by atoms with Crippen molar-refractivity contribution < 1.29 is 4.79 Å². The molecule has 15 heavy (non-hydrogen) atoms. The van der Waals surface area contributed by atoms with Gasteiger partial charge in [-0.3, -0.25) is 4.79 Å². The minimum Gasteiger partial charge on any atom is -0.293 e. The SMILES string of the molecule is CC(C)Cc1ccc(C(=O)CC#N)cc1. The maximum atomic E-state index is 11.4. The molecule has 2 nitrogen and oxygen atoms in total. The second kappa shape index (κ2) is 5.31. The van der Waals surface area contributed by atoms with E-state index in [1.807, 2.05) is 18.2 Å². The van der Waals surface area contributed by atoms with E-state index in [9.17, 15) is 4.79 Å². The summed E-state index contributed by atoms with van der Waals surface area (Å²) >= 11 is 0. The van der Waals surface area contributed by atoms with Crippen LogP contribution in [0, 0.1) is 17.2 Å². The van der Waals surface area contributed by atoms with Crippen LogP contribution in [-0.4, -0.2) is 5.78 Å². The lowest BCUT2D eigenvalue weighted by Gasteiger charge is -2.05. The fourth-order valence-electron chi connectivity index (χ4n) is 1.47. The second-order valence-corrected chi connectivity index (χ2v) is 4.05. The summed E-state index contributed by atoms with van der Waals surface area (Å²) in [6.07, 6.45) is 0.982.